The van der Waals surface area contributed by atoms with Crippen LogP contribution < -0.4 is 4.90 Å². The highest BCUT2D eigenvalue weighted by atomic mass is 32.2. The number of anilines is 1. The minimum atomic E-state index is -6.97. The standard InChI is InChI=1S/C21H18F7N3O5S2/c22-19(23,20(24,25)26)21(27,28)38(35,36)15-6-7-17(16(12-15)31(33)34)37-13-18(32)30-10-8-29(9-11-30)14-4-2-1-3-5-14/h1-7,12H,8-11,13H2. The molecule has 2 aromatic rings. The zero-order valence-corrected chi connectivity index (χ0v) is 20.6. The number of carbonyl (C=O) groups excluding carboxylic acids is 1. The Kier molecular flexibility index (Phi) is 8.21. The minimum Gasteiger partial charge on any atom is -0.368 e. The molecule has 0 saturated carbocycles. The molecule has 0 aromatic heterocycles. The van der Waals surface area contributed by atoms with Crippen molar-refractivity contribution in [2.24, 2.45) is 0 Å². The van der Waals surface area contributed by atoms with Crippen LogP contribution in [0.2, 0.25) is 0 Å². The smallest absolute Gasteiger partial charge is 0.368 e. The van der Waals surface area contributed by atoms with Gasteiger partial charge in [-0.05, 0) is 24.3 Å². The number of para-hydroxylation sites is 1. The lowest BCUT2D eigenvalue weighted by Gasteiger charge is -2.36. The van der Waals surface area contributed by atoms with Crippen molar-refractivity contribution in [3.8, 4) is 0 Å². The van der Waals surface area contributed by atoms with Gasteiger partial charge in [-0.2, -0.15) is 30.7 Å². The van der Waals surface area contributed by atoms with Crippen molar-refractivity contribution < 1.29 is 48.9 Å². The quantitative estimate of drug-likeness (QED) is 0.192. The highest BCUT2D eigenvalue weighted by molar-refractivity contribution is 8.00. The van der Waals surface area contributed by atoms with Gasteiger partial charge in [-0.3, -0.25) is 14.9 Å². The van der Waals surface area contributed by atoms with Gasteiger partial charge < -0.3 is 9.80 Å². The van der Waals surface area contributed by atoms with E-state index < -0.39 is 48.6 Å². The maximum absolute atomic E-state index is 13.9. The topological polar surface area (TPSA) is 101 Å². The summed E-state index contributed by atoms with van der Waals surface area (Å²) in [7, 11) is -6.73. The number of carbonyl (C=O) groups is 1. The summed E-state index contributed by atoms with van der Waals surface area (Å²) in [6.07, 6.45) is -6.92. The van der Waals surface area contributed by atoms with Crippen LogP contribution in [0.15, 0.2) is 58.3 Å². The van der Waals surface area contributed by atoms with E-state index in [1.165, 1.54) is 4.90 Å². The Balaban J connectivity index is 1.74. The first kappa shape index (κ1) is 29.5. The molecule has 0 bridgehead atoms. The van der Waals surface area contributed by atoms with E-state index in [0.29, 0.717) is 44.0 Å². The molecule has 3 rings (SSSR count). The second kappa shape index (κ2) is 10.6. The molecule has 0 spiro atoms. The number of hydrogen-bond acceptors (Lipinski definition) is 7. The fourth-order valence-electron chi connectivity index (χ4n) is 3.49. The van der Waals surface area contributed by atoms with Gasteiger partial charge in [0.1, 0.15) is 0 Å². The maximum atomic E-state index is 13.9. The number of nitro groups is 1. The molecule has 0 unspecified atom stereocenters. The lowest BCUT2D eigenvalue weighted by Crippen LogP contribution is -2.55. The zero-order chi connectivity index (χ0) is 28.5. The number of halogens is 7. The van der Waals surface area contributed by atoms with Crippen molar-refractivity contribution in [2.45, 2.75) is 27.1 Å². The summed E-state index contributed by atoms with van der Waals surface area (Å²) in [5.74, 6) is -7.79. The highest BCUT2D eigenvalue weighted by Crippen LogP contribution is 2.51. The van der Waals surface area contributed by atoms with Crippen LogP contribution in [0.1, 0.15) is 0 Å². The number of piperazine rings is 1. The summed E-state index contributed by atoms with van der Waals surface area (Å²) in [5, 5.41) is 4.75. The predicted molar refractivity (Wildman–Crippen MR) is 122 cm³/mol. The molecule has 17 heteroatoms. The number of hydrogen-bond donors (Lipinski definition) is 0. The normalized spacial score (nSPS) is 15.4. The molecule has 1 amide bonds. The second-order valence-electron chi connectivity index (χ2n) is 7.97. The Morgan fingerprint density at radius 3 is 2.05 bits per heavy atom. The molecule has 0 atom stereocenters. The molecule has 208 valence electrons. The van der Waals surface area contributed by atoms with E-state index in [1.807, 2.05) is 35.2 Å². The lowest BCUT2D eigenvalue weighted by molar-refractivity contribution is -0.388. The number of amides is 1. The fourth-order valence-corrected chi connectivity index (χ4v) is 5.66. The van der Waals surface area contributed by atoms with Crippen LogP contribution in [0.3, 0.4) is 0 Å². The van der Waals surface area contributed by atoms with Crippen LogP contribution in [-0.4, -0.2) is 73.4 Å². The third-order valence-electron chi connectivity index (χ3n) is 5.60. The lowest BCUT2D eigenvalue weighted by atomic mass is 10.2. The first-order chi connectivity index (χ1) is 17.5. The molecular formula is C21H18F7N3O5S2. The molecule has 8 nitrogen and oxygen atoms in total. The summed E-state index contributed by atoms with van der Waals surface area (Å²) >= 11 is 0.554. The third-order valence-corrected chi connectivity index (χ3v) is 8.45. The third kappa shape index (κ3) is 5.52. The molecule has 1 fully saturated rings. The number of alkyl halides is 7. The SMILES string of the molecule is O=C(CSc1ccc(S(=O)(=O)C(F)(F)C(F)(F)C(F)(F)F)cc1[N+](=O)[O-])N1CCN(c2ccccc2)CC1. The van der Waals surface area contributed by atoms with E-state index in [0.717, 1.165) is 5.69 Å². The largest absolute Gasteiger partial charge is 0.461 e. The predicted octanol–water partition coefficient (Wildman–Crippen LogP) is 4.60. The minimum absolute atomic E-state index is 0.0405. The Bertz CT molecular complexity index is 1300. The molecule has 1 heterocycles. The van der Waals surface area contributed by atoms with E-state index >= 15 is 0 Å². The van der Waals surface area contributed by atoms with Gasteiger partial charge in [0.25, 0.3) is 15.5 Å². The van der Waals surface area contributed by atoms with Crippen LogP contribution in [-0.2, 0) is 14.6 Å². The Morgan fingerprint density at radius 1 is 0.947 bits per heavy atom. The zero-order valence-electron chi connectivity index (χ0n) is 19.0. The van der Waals surface area contributed by atoms with Gasteiger partial charge in [0.2, 0.25) is 5.91 Å². The van der Waals surface area contributed by atoms with E-state index in [1.54, 1.807) is 0 Å². The summed E-state index contributed by atoms with van der Waals surface area (Å²) in [6.45, 7) is 1.67. The van der Waals surface area contributed by atoms with E-state index in [4.69, 9.17) is 0 Å². The first-order valence-electron chi connectivity index (χ1n) is 10.6. The van der Waals surface area contributed by atoms with Crippen molar-refractivity contribution in [3.63, 3.8) is 0 Å². The molecule has 2 aromatic carbocycles. The van der Waals surface area contributed by atoms with Crippen molar-refractivity contribution in [3.05, 3.63) is 58.6 Å². The monoisotopic (exact) mass is 589 g/mol. The van der Waals surface area contributed by atoms with Crippen LogP contribution in [0.4, 0.5) is 42.1 Å². The number of thioether (sulfide) groups is 1. The van der Waals surface area contributed by atoms with E-state index in [-0.39, 0.29) is 22.8 Å². The average Bonchev–Trinajstić information content (AvgIpc) is 2.86. The molecule has 1 saturated heterocycles. The van der Waals surface area contributed by atoms with Crippen molar-refractivity contribution in [2.75, 3.05) is 36.8 Å². The van der Waals surface area contributed by atoms with Crippen LogP contribution in [0.5, 0.6) is 0 Å². The van der Waals surface area contributed by atoms with E-state index in [9.17, 15) is 54.1 Å². The molecule has 0 N–H and O–H groups in total. The van der Waals surface area contributed by atoms with Gasteiger partial charge in [0, 0.05) is 37.9 Å². The molecule has 0 radical (unpaired) electrons. The van der Waals surface area contributed by atoms with Gasteiger partial charge in [-0.15, -0.1) is 11.8 Å². The van der Waals surface area contributed by atoms with Gasteiger partial charge in [0.15, 0.2) is 0 Å². The van der Waals surface area contributed by atoms with Crippen molar-refractivity contribution in [1.29, 1.82) is 0 Å². The number of nitrogens with zero attached hydrogens (tertiary/aromatic N) is 3. The Hall–Kier alpha value is -3.08. The molecule has 1 aliphatic rings. The summed E-state index contributed by atoms with van der Waals surface area (Å²) in [6, 6.07) is 10.2. The molecule has 0 aliphatic carbocycles. The van der Waals surface area contributed by atoms with Gasteiger partial charge in [-0.1, -0.05) is 18.2 Å². The number of benzene rings is 2. The van der Waals surface area contributed by atoms with Gasteiger partial charge in [-0.25, -0.2) is 8.42 Å². The Morgan fingerprint density at radius 2 is 1.53 bits per heavy atom. The van der Waals surface area contributed by atoms with Crippen LogP contribution in [0, 0.1) is 10.1 Å². The van der Waals surface area contributed by atoms with E-state index in [2.05, 4.69) is 0 Å². The number of rotatable bonds is 8. The molecule has 38 heavy (non-hydrogen) atoms. The number of sulfone groups is 1. The van der Waals surface area contributed by atoms with Crippen molar-refractivity contribution >= 4 is 38.9 Å². The summed E-state index contributed by atoms with van der Waals surface area (Å²) in [5.41, 5.74) is -0.206. The Labute approximate surface area is 215 Å². The first-order valence-corrected chi connectivity index (χ1v) is 13.0. The van der Waals surface area contributed by atoms with Gasteiger partial charge >= 0.3 is 17.4 Å². The maximum Gasteiger partial charge on any atom is 0.461 e. The highest BCUT2D eigenvalue weighted by Gasteiger charge is 2.78. The summed E-state index contributed by atoms with van der Waals surface area (Å²) < 4.78 is 116. The van der Waals surface area contributed by atoms with Crippen molar-refractivity contribution in [1.82, 2.24) is 4.90 Å². The van der Waals surface area contributed by atoms with Crippen LogP contribution in [0.25, 0.3) is 0 Å². The fraction of sp³-hybridized carbons (Fsp3) is 0.381. The van der Waals surface area contributed by atoms with Gasteiger partial charge in [0.05, 0.1) is 20.5 Å². The summed E-state index contributed by atoms with van der Waals surface area (Å²) in [4.78, 5) is 24.1. The second-order valence-corrected chi connectivity index (χ2v) is 11.0. The number of nitro benzene ring substituents is 1. The molecule has 1 aliphatic heterocycles. The molecular weight excluding hydrogens is 571 g/mol. The average molecular weight is 590 g/mol. The van der Waals surface area contributed by atoms with Crippen LogP contribution >= 0.6 is 11.8 Å².